The fourth-order valence-electron chi connectivity index (χ4n) is 3.10. The maximum Gasteiger partial charge on any atom is 0.194 e. The van der Waals surface area contributed by atoms with Crippen LogP contribution in [0.2, 0.25) is 0 Å². The Morgan fingerprint density at radius 2 is 2.09 bits per heavy atom. The highest BCUT2D eigenvalue weighted by molar-refractivity contribution is 7.17. The molecule has 0 spiro atoms. The minimum Gasteiger partial charge on any atom is -0.496 e. The monoisotopic (exact) mass is 329 g/mol. The number of aromatic nitrogens is 2. The Bertz CT molecular complexity index is 848. The number of hydrogen-bond acceptors (Lipinski definition) is 4. The summed E-state index contributed by atoms with van der Waals surface area (Å²) in [5.41, 5.74) is 11.7. The summed E-state index contributed by atoms with van der Waals surface area (Å²) in [6.07, 6.45) is 1.84. The lowest BCUT2D eigenvalue weighted by atomic mass is 10.1. The minimum atomic E-state index is 0.632. The molecule has 0 aliphatic heterocycles. The molecule has 0 radical (unpaired) electrons. The molecule has 5 heteroatoms. The van der Waals surface area contributed by atoms with Crippen molar-refractivity contribution in [2.24, 2.45) is 5.73 Å². The van der Waals surface area contributed by atoms with Crippen LogP contribution in [0.4, 0.5) is 0 Å². The Labute approximate surface area is 140 Å². The number of ether oxygens (including phenoxy) is 1. The van der Waals surface area contributed by atoms with E-state index in [1.54, 1.807) is 18.4 Å². The third-order valence-corrected chi connectivity index (χ3v) is 5.40. The van der Waals surface area contributed by atoms with Gasteiger partial charge in [0.1, 0.15) is 5.75 Å². The molecule has 0 fully saturated rings. The first-order valence-corrected chi connectivity index (χ1v) is 8.77. The number of methoxy groups -OCH3 is 1. The summed E-state index contributed by atoms with van der Waals surface area (Å²) in [7, 11) is 1.71. The van der Waals surface area contributed by atoms with Gasteiger partial charge in [-0.05, 0) is 50.6 Å². The summed E-state index contributed by atoms with van der Waals surface area (Å²) in [5.74, 6) is 0.919. The summed E-state index contributed by atoms with van der Waals surface area (Å²) >= 11 is 1.78. The van der Waals surface area contributed by atoms with E-state index in [9.17, 15) is 0 Å². The Kier molecular flexibility index (Phi) is 4.41. The molecule has 0 bridgehead atoms. The van der Waals surface area contributed by atoms with Crippen molar-refractivity contribution in [2.45, 2.75) is 33.6 Å². The van der Waals surface area contributed by atoms with Gasteiger partial charge in [-0.1, -0.05) is 6.92 Å². The van der Waals surface area contributed by atoms with E-state index >= 15 is 0 Å². The molecular weight excluding hydrogens is 306 g/mol. The second-order valence-electron chi connectivity index (χ2n) is 5.71. The standard InChI is InChI=1S/C18H23N3OS/c1-5-16-17(13-6-7-15(22-4)11(2)10-13)21-14(8-9-19)12(3)20-18(21)23-16/h6-7,10H,5,8-9,19H2,1-4H3. The van der Waals surface area contributed by atoms with E-state index in [0.29, 0.717) is 6.54 Å². The maximum absolute atomic E-state index is 5.82. The predicted octanol–water partition coefficient (Wildman–Crippen LogP) is 3.75. The Balaban J connectivity index is 2.28. The van der Waals surface area contributed by atoms with Crippen molar-refractivity contribution < 1.29 is 4.74 Å². The van der Waals surface area contributed by atoms with E-state index < -0.39 is 0 Å². The molecular formula is C18H23N3OS. The summed E-state index contributed by atoms with van der Waals surface area (Å²) in [6.45, 7) is 6.98. The molecule has 2 heterocycles. The molecule has 3 aromatic rings. The number of nitrogens with two attached hydrogens (primary N) is 1. The molecule has 0 saturated heterocycles. The van der Waals surface area contributed by atoms with E-state index in [2.05, 4.69) is 37.3 Å². The first-order valence-electron chi connectivity index (χ1n) is 7.95. The first kappa shape index (κ1) is 16.0. The highest BCUT2D eigenvalue weighted by Gasteiger charge is 2.19. The third-order valence-electron chi connectivity index (χ3n) is 4.21. The van der Waals surface area contributed by atoms with Crippen molar-refractivity contribution in [2.75, 3.05) is 13.7 Å². The number of nitrogens with zero attached hydrogens (tertiary/aromatic N) is 2. The minimum absolute atomic E-state index is 0.632. The summed E-state index contributed by atoms with van der Waals surface area (Å²) < 4.78 is 7.69. The smallest absolute Gasteiger partial charge is 0.194 e. The van der Waals surface area contributed by atoms with Crippen molar-refractivity contribution >= 4 is 16.3 Å². The van der Waals surface area contributed by atoms with Crippen LogP contribution in [0.15, 0.2) is 18.2 Å². The molecule has 2 N–H and O–H groups in total. The van der Waals surface area contributed by atoms with E-state index in [1.807, 2.05) is 6.07 Å². The van der Waals surface area contributed by atoms with Crippen molar-refractivity contribution in [3.8, 4) is 17.0 Å². The molecule has 0 aliphatic carbocycles. The van der Waals surface area contributed by atoms with Crippen LogP contribution < -0.4 is 10.5 Å². The molecule has 23 heavy (non-hydrogen) atoms. The van der Waals surface area contributed by atoms with Gasteiger partial charge in [0.15, 0.2) is 4.96 Å². The lowest BCUT2D eigenvalue weighted by Crippen LogP contribution is -2.07. The van der Waals surface area contributed by atoms with Gasteiger partial charge in [0.05, 0.1) is 18.5 Å². The predicted molar refractivity (Wildman–Crippen MR) is 96.7 cm³/mol. The van der Waals surface area contributed by atoms with Crippen LogP contribution in [0.5, 0.6) is 5.75 Å². The van der Waals surface area contributed by atoms with E-state index in [4.69, 9.17) is 15.5 Å². The van der Waals surface area contributed by atoms with Crippen LogP contribution in [0.3, 0.4) is 0 Å². The van der Waals surface area contributed by atoms with Crippen molar-refractivity contribution in [3.63, 3.8) is 0 Å². The normalized spacial score (nSPS) is 11.3. The first-order chi connectivity index (χ1) is 11.1. The topological polar surface area (TPSA) is 52.5 Å². The van der Waals surface area contributed by atoms with Crippen LogP contribution in [0, 0.1) is 13.8 Å². The summed E-state index contributed by atoms with van der Waals surface area (Å²) in [4.78, 5) is 7.16. The molecule has 0 unspecified atom stereocenters. The van der Waals surface area contributed by atoms with Crippen LogP contribution in [-0.4, -0.2) is 23.0 Å². The van der Waals surface area contributed by atoms with Gasteiger partial charge >= 0.3 is 0 Å². The Morgan fingerprint density at radius 3 is 2.70 bits per heavy atom. The van der Waals surface area contributed by atoms with Crippen LogP contribution in [0.25, 0.3) is 16.2 Å². The second-order valence-corrected chi connectivity index (χ2v) is 6.77. The van der Waals surface area contributed by atoms with Gasteiger partial charge in [-0.15, -0.1) is 11.3 Å². The molecule has 0 atom stereocenters. The quantitative estimate of drug-likeness (QED) is 0.775. The Morgan fingerprint density at radius 1 is 1.30 bits per heavy atom. The van der Waals surface area contributed by atoms with Crippen LogP contribution >= 0.6 is 11.3 Å². The molecule has 0 aliphatic rings. The van der Waals surface area contributed by atoms with E-state index in [0.717, 1.165) is 34.8 Å². The molecule has 3 rings (SSSR count). The average Bonchev–Trinajstić information content (AvgIpc) is 3.03. The lowest BCUT2D eigenvalue weighted by Gasteiger charge is -2.10. The largest absolute Gasteiger partial charge is 0.496 e. The SMILES string of the molecule is CCc1sc2nc(C)c(CCN)n2c1-c1ccc(OC)c(C)c1. The zero-order valence-electron chi connectivity index (χ0n) is 14.1. The van der Waals surface area contributed by atoms with Crippen LogP contribution in [-0.2, 0) is 12.8 Å². The molecule has 0 amide bonds. The number of thiazole rings is 1. The van der Waals surface area contributed by atoms with E-state index in [-0.39, 0.29) is 0 Å². The van der Waals surface area contributed by atoms with Gasteiger partial charge in [0.25, 0.3) is 0 Å². The number of fused-ring (bicyclic) bond motifs is 1. The van der Waals surface area contributed by atoms with Crippen molar-refractivity contribution in [1.29, 1.82) is 0 Å². The fourth-order valence-corrected chi connectivity index (χ4v) is 4.25. The third kappa shape index (κ3) is 2.64. The summed E-state index contributed by atoms with van der Waals surface area (Å²) in [6, 6.07) is 6.37. The van der Waals surface area contributed by atoms with Crippen molar-refractivity contribution in [3.05, 3.63) is 40.0 Å². The zero-order chi connectivity index (χ0) is 16.6. The van der Waals surface area contributed by atoms with Gasteiger partial charge in [-0.3, -0.25) is 4.40 Å². The van der Waals surface area contributed by atoms with Gasteiger partial charge in [0.2, 0.25) is 0 Å². The molecule has 2 aromatic heterocycles. The molecule has 1 aromatic carbocycles. The van der Waals surface area contributed by atoms with Gasteiger partial charge in [-0.25, -0.2) is 4.98 Å². The number of rotatable bonds is 5. The maximum atomic E-state index is 5.82. The zero-order valence-corrected chi connectivity index (χ0v) is 15.0. The van der Waals surface area contributed by atoms with Gasteiger partial charge < -0.3 is 10.5 Å². The molecule has 0 saturated carbocycles. The Hall–Kier alpha value is -1.85. The number of hydrogen-bond donors (Lipinski definition) is 1. The van der Waals surface area contributed by atoms with Crippen LogP contribution in [0.1, 0.15) is 28.8 Å². The van der Waals surface area contributed by atoms with Crippen molar-refractivity contribution in [1.82, 2.24) is 9.38 Å². The highest BCUT2D eigenvalue weighted by atomic mass is 32.1. The number of benzene rings is 1. The van der Waals surface area contributed by atoms with E-state index in [1.165, 1.54) is 21.8 Å². The lowest BCUT2D eigenvalue weighted by molar-refractivity contribution is 0.412. The average molecular weight is 329 g/mol. The number of imidazole rings is 1. The van der Waals surface area contributed by atoms with Gasteiger partial charge in [0, 0.05) is 22.6 Å². The fraction of sp³-hybridized carbons (Fsp3) is 0.389. The molecule has 122 valence electrons. The highest BCUT2D eigenvalue weighted by Crippen LogP contribution is 2.36. The number of aryl methyl sites for hydroxylation is 3. The summed E-state index contributed by atoms with van der Waals surface area (Å²) in [5, 5.41) is 0. The second kappa shape index (κ2) is 6.34. The molecule has 4 nitrogen and oxygen atoms in total. The van der Waals surface area contributed by atoms with Gasteiger partial charge in [-0.2, -0.15) is 0 Å².